The third-order valence-electron chi connectivity index (χ3n) is 5.71. The predicted octanol–water partition coefficient (Wildman–Crippen LogP) is 2.12. The van der Waals surface area contributed by atoms with Gasteiger partial charge in [-0.1, -0.05) is 46.5 Å². The van der Waals surface area contributed by atoms with Crippen LogP contribution >= 0.6 is 0 Å². The molecule has 0 bridgehead atoms. The van der Waals surface area contributed by atoms with Crippen molar-refractivity contribution < 1.29 is 23.9 Å². The molecule has 0 radical (unpaired) electrons. The lowest BCUT2D eigenvalue weighted by molar-refractivity contribution is -0.151. The fraction of sp³-hybridized carbons (Fsp3) is 0.800. The number of urea groups is 1. The summed E-state index contributed by atoms with van der Waals surface area (Å²) in [6.45, 7) is 5.11. The van der Waals surface area contributed by atoms with Gasteiger partial charge in [0.1, 0.15) is 12.1 Å². The Hall–Kier alpha value is -2.12. The van der Waals surface area contributed by atoms with Gasteiger partial charge in [-0.15, -0.1) is 0 Å². The van der Waals surface area contributed by atoms with Gasteiger partial charge in [-0.25, -0.2) is 4.79 Å². The smallest absolute Gasteiger partial charge is 0.326 e. The Bertz CT molecular complexity index is 601. The van der Waals surface area contributed by atoms with E-state index in [9.17, 15) is 19.2 Å². The van der Waals surface area contributed by atoms with Crippen molar-refractivity contribution >= 4 is 23.8 Å². The van der Waals surface area contributed by atoms with Crippen molar-refractivity contribution in [1.82, 2.24) is 15.5 Å². The first-order valence-corrected chi connectivity index (χ1v) is 10.4. The SMILES string of the molecule is CCCC1(CCC)NC(=O)N(CC(=O)OCC(=O)N[C@H]2CCCC[C@@H]2C)C1=O. The minimum absolute atomic E-state index is 0.106. The second-order valence-electron chi connectivity index (χ2n) is 8.00. The molecule has 8 nitrogen and oxygen atoms in total. The van der Waals surface area contributed by atoms with Crippen LogP contribution in [0.25, 0.3) is 0 Å². The second kappa shape index (κ2) is 9.89. The summed E-state index contributed by atoms with van der Waals surface area (Å²) < 4.78 is 5.00. The van der Waals surface area contributed by atoms with Crippen LogP contribution in [0.3, 0.4) is 0 Å². The highest BCUT2D eigenvalue weighted by atomic mass is 16.5. The van der Waals surface area contributed by atoms with E-state index in [1.54, 1.807) is 0 Å². The van der Waals surface area contributed by atoms with Gasteiger partial charge in [0.05, 0.1) is 0 Å². The molecule has 4 amide bonds. The maximum atomic E-state index is 12.7. The molecule has 1 heterocycles. The molecule has 2 aliphatic rings. The Labute approximate surface area is 166 Å². The van der Waals surface area contributed by atoms with E-state index in [0.29, 0.717) is 18.8 Å². The Balaban J connectivity index is 1.84. The highest BCUT2D eigenvalue weighted by Crippen LogP contribution is 2.28. The lowest BCUT2D eigenvalue weighted by Crippen LogP contribution is -2.47. The number of nitrogens with zero attached hydrogens (tertiary/aromatic N) is 1. The Morgan fingerprint density at radius 1 is 1.18 bits per heavy atom. The summed E-state index contributed by atoms with van der Waals surface area (Å²) in [5.41, 5.74) is -0.935. The first-order valence-electron chi connectivity index (χ1n) is 10.4. The van der Waals surface area contributed by atoms with Crippen LogP contribution in [0.4, 0.5) is 4.79 Å². The molecule has 2 atom stereocenters. The first kappa shape index (κ1) is 22.2. The van der Waals surface area contributed by atoms with Gasteiger partial charge < -0.3 is 15.4 Å². The Morgan fingerprint density at radius 3 is 2.43 bits per heavy atom. The summed E-state index contributed by atoms with van der Waals surface area (Å²) in [5.74, 6) is -1.10. The second-order valence-corrected chi connectivity index (χ2v) is 8.00. The van der Waals surface area contributed by atoms with Crippen molar-refractivity contribution in [2.24, 2.45) is 5.92 Å². The molecule has 0 spiro atoms. The lowest BCUT2D eigenvalue weighted by Gasteiger charge is -2.29. The molecule has 1 saturated heterocycles. The molecule has 8 heteroatoms. The Kier molecular flexibility index (Phi) is 7.83. The average molecular weight is 396 g/mol. The summed E-state index contributed by atoms with van der Waals surface area (Å²) in [4.78, 5) is 50.0. The topological polar surface area (TPSA) is 105 Å². The molecule has 0 unspecified atom stereocenters. The van der Waals surface area contributed by atoms with Crippen LogP contribution < -0.4 is 10.6 Å². The molecule has 2 N–H and O–H groups in total. The van der Waals surface area contributed by atoms with E-state index in [4.69, 9.17) is 4.74 Å². The van der Waals surface area contributed by atoms with Crippen LogP contribution in [-0.4, -0.2) is 53.4 Å². The molecule has 0 aromatic rings. The van der Waals surface area contributed by atoms with Gasteiger partial charge >= 0.3 is 12.0 Å². The van der Waals surface area contributed by atoms with Crippen LogP contribution in [0.1, 0.15) is 72.1 Å². The largest absolute Gasteiger partial charge is 0.454 e. The van der Waals surface area contributed by atoms with Crippen LogP contribution in [0, 0.1) is 5.92 Å². The van der Waals surface area contributed by atoms with E-state index in [2.05, 4.69) is 17.6 Å². The Morgan fingerprint density at radius 2 is 1.82 bits per heavy atom. The third kappa shape index (κ3) is 5.23. The average Bonchev–Trinajstić information content (AvgIpc) is 2.87. The maximum absolute atomic E-state index is 12.7. The predicted molar refractivity (Wildman–Crippen MR) is 103 cm³/mol. The van der Waals surface area contributed by atoms with Crippen molar-refractivity contribution in [3.8, 4) is 0 Å². The molecular weight excluding hydrogens is 362 g/mol. The molecule has 0 aromatic heterocycles. The van der Waals surface area contributed by atoms with E-state index in [1.807, 2.05) is 13.8 Å². The third-order valence-corrected chi connectivity index (χ3v) is 5.71. The van der Waals surface area contributed by atoms with Crippen LogP contribution in [0.2, 0.25) is 0 Å². The van der Waals surface area contributed by atoms with Gasteiger partial charge in [0.2, 0.25) is 0 Å². The van der Waals surface area contributed by atoms with Crippen LogP contribution in [-0.2, 0) is 19.1 Å². The van der Waals surface area contributed by atoms with E-state index >= 15 is 0 Å². The molecule has 0 aromatic carbocycles. The molecule has 2 rings (SSSR count). The highest BCUT2D eigenvalue weighted by Gasteiger charge is 2.50. The zero-order valence-corrected chi connectivity index (χ0v) is 17.2. The first-order chi connectivity index (χ1) is 13.3. The van der Waals surface area contributed by atoms with E-state index in [0.717, 1.165) is 37.0 Å². The highest BCUT2D eigenvalue weighted by molar-refractivity contribution is 6.08. The number of nitrogens with one attached hydrogen (secondary N) is 2. The summed E-state index contributed by atoms with van der Waals surface area (Å²) in [7, 11) is 0. The zero-order chi connectivity index (χ0) is 20.7. The van der Waals surface area contributed by atoms with Gasteiger partial charge in [0.15, 0.2) is 6.61 Å². The van der Waals surface area contributed by atoms with Gasteiger partial charge in [-0.2, -0.15) is 0 Å². The van der Waals surface area contributed by atoms with Gasteiger partial charge in [0.25, 0.3) is 11.8 Å². The van der Waals surface area contributed by atoms with Crippen molar-refractivity contribution in [1.29, 1.82) is 0 Å². The fourth-order valence-electron chi connectivity index (χ4n) is 4.24. The number of carbonyl (C=O) groups excluding carboxylic acids is 4. The minimum Gasteiger partial charge on any atom is -0.454 e. The monoisotopic (exact) mass is 395 g/mol. The molecule has 1 aliphatic carbocycles. The number of imide groups is 1. The van der Waals surface area contributed by atoms with Gasteiger partial charge in [-0.3, -0.25) is 19.3 Å². The van der Waals surface area contributed by atoms with E-state index in [-0.39, 0.29) is 11.9 Å². The lowest BCUT2D eigenvalue weighted by atomic mass is 9.86. The molecule has 158 valence electrons. The minimum atomic E-state index is -0.935. The molecule has 28 heavy (non-hydrogen) atoms. The molecule has 1 saturated carbocycles. The number of amides is 4. The normalized spacial score (nSPS) is 24.0. The quantitative estimate of drug-likeness (QED) is 0.460. The molecule has 2 fully saturated rings. The number of hydrogen-bond donors (Lipinski definition) is 2. The van der Waals surface area contributed by atoms with E-state index in [1.165, 1.54) is 6.42 Å². The van der Waals surface area contributed by atoms with Crippen LogP contribution in [0.15, 0.2) is 0 Å². The van der Waals surface area contributed by atoms with Crippen molar-refractivity contribution in [2.45, 2.75) is 83.7 Å². The fourth-order valence-corrected chi connectivity index (χ4v) is 4.24. The number of ether oxygens (including phenoxy) is 1. The summed E-state index contributed by atoms with van der Waals surface area (Å²) >= 11 is 0. The van der Waals surface area contributed by atoms with E-state index < -0.39 is 36.6 Å². The standard InChI is InChI=1S/C20H33N3O5/c1-4-10-20(11-5-2)18(26)23(19(27)22-20)12-17(25)28-13-16(24)21-15-9-7-6-8-14(15)3/h14-15H,4-13H2,1-3H3,(H,21,24)(H,22,27)/t14-,15-/m0/s1. The molecule has 1 aliphatic heterocycles. The summed E-state index contributed by atoms with van der Waals surface area (Å²) in [6, 6.07) is -0.473. The van der Waals surface area contributed by atoms with Crippen LogP contribution in [0.5, 0.6) is 0 Å². The number of hydrogen-bond acceptors (Lipinski definition) is 5. The maximum Gasteiger partial charge on any atom is 0.326 e. The van der Waals surface area contributed by atoms with Crippen molar-refractivity contribution in [3.05, 3.63) is 0 Å². The van der Waals surface area contributed by atoms with Gasteiger partial charge in [-0.05, 0) is 31.6 Å². The van der Waals surface area contributed by atoms with Gasteiger partial charge in [0, 0.05) is 6.04 Å². The zero-order valence-electron chi connectivity index (χ0n) is 17.2. The number of carbonyl (C=O) groups is 4. The summed E-state index contributed by atoms with van der Waals surface area (Å²) in [6.07, 6.45) is 6.80. The number of esters is 1. The van der Waals surface area contributed by atoms with Crippen molar-refractivity contribution in [2.75, 3.05) is 13.2 Å². The molecular formula is C20H33N3O5. The number of rotatable bonds is 9. The van der Waals surface area contributed by atoms with Crippen molar-refractivity contribution in [3.63, 3.8) is 0 Å². The summed E-state index contributed by atoms with van der Waals surface area (Å²) in [5, 5.41) is 5.65.